The quantitative estimate of drug-likeness (QED) is 0.823. The number of nitrogens with two attached hydrogens (primary N) is 1. The monoisotopic (exact) mass is 344 g/mol. The first-order chi connectivity index (χ1) is 8.04. The highest BCUT2D eigenvalue weighted by Gasteiger charge is 2.04. The molecular weight excluding hydrogens is 334 g/mol. The molecule has 2 aromatic rings. The molecule has 4 nitrogen and oxygen atoms in total. The largest absolute Gasteiger partial charge is 0.368 e. The second kappa shape index (κ2) is 4.82. The van der Waals surface area contributed by atoms with Gasteiger partial charge in [0, 0.05) is 15.3 Å². The molecule has 0 fully saturated rings. The Balaban J connectivity index is 2.31. The Morgan fingerprint density at radius 3 is 2.71 bits per heavy atom. The minimum Gasteiger partial charge on any atom is -0.368 e. The van der Waals surface area contributed by atoms with Gasteiger partial charge in [-0.3, -0.25) is 0 Å². The van der Waals surface area contributed by atoms with E-state index >= 15 is 0 Å². The molecule has 3 N–H and O–H groups in total. The Morgan fingerprint density at radius 1 is 1.29 bits per heavy atom. The third-order valence-corrected chi connectivity index (χ3v) is 2.96. The van der Waals surface area contributed by atoms with E-state index in [2.05, 4.69) is 37.9 Å². The molecule has 0 bridgehead atoms. The molecule has 88 valence electrons. The third kappa shape index (κ3) is 3.02. The maximum atomic E-state index is 12.9. The first-order valence-electron chi connectivity index (χ1n) is 4.88. The molecule has 2 rings (SSSR count). The predicted octanol–water partition coefficient (Wildman–Crippen LogP) is 2.85. The molecule has 1 aromatic carbocycles. The van der Waals surface area contributed by atoms with Crippen molar-refractivity contribution >= 4 is 40.0 Å². The molecule has 1 aromatic heterocycles. The van der Waals surface area contributed by atoms with Crippen LogP contribution in [-0.2, 0) is 0 Å². The van der Waals surface area contributed by atoms with Crippen molar-refractivity contribution in [3.05, 3.63) is 39.3 Å². The summed E-state index contributed by atoms with van der Waals surface area (Å²) in [4.78, 5) is 8.03. The lowest BCUT2D eigenvalue weighted by Crippen LogP contribution is -2.02. The lowest BCUT2D eigenvalue weighted by Gasteiger charge is -2.08. The zero-order valence-corrected chi connectivity index (χ0v) is 11.2. The number of benzene rings is 1. The van der Waals surface area contributed by atoms with E-state index in [-0.39, 0.29) is 11.8 Å². The number of nitrogens with zero attached hydrogens (tertiary/aromatic N) is 2. The van der Waals surface area contributed by atoms with Crippen LogP contribution in [0.1, 0.15) is 5.69 Å². The Kier molecular flexibility index (Phi) is 3.41. The number of nitrogen functional groups attached to an aromatic ring is 1. The van der Waals surface area contributed by atoms with Gasteiger partial charge in [0.1, 0.15) is 11.6 Å². The molecule has 0 unspecified atom stereocenters. The molecule has 17 heavy (non-hydrogen) atoms. The fourth-order valence-corrected chi connectivity index (χ4v) is 2.00. The van der Waals surface area contributed by atoms with E-state index in [1.54, 1.807) is 12.1 Å². The normalized spacial score (nSPS) is 10.3. The Bertz CT molecular complexity index is 539. The fourth-order valence-electron chi connectivity index (χ4n) is 1.38. The van der Waals surface area contributed by atoms with Crippen molar-refractivity contribution in [3.63, 3.8) is 0 Å². The molecule has 0 amide bonds. The van der Waals surface area contributed by atoms with Crippen LogP contribution in [0.4, 0.5) is 21.8 Å². The summed E-state index contributed by atoms with van der Waals surface area (Å²) in [5.41, 5.74) is 7.11. The Morgan fingerprint density at radius 2 is 2.06 bits per heavy atom. The van der Waals surface area contributed by atoms with E-state index in [0.717, 1.165) is 15.0 Å². The van der Waals surface area contributed by atoms with Crippen LogP contribution >= 0.6 is 22.6 Å². The van der Waals surface area contributed by atoms with Gasteiger partial charge in [-0.15, -0.1) is 0 Å². The molecular formula is C11H10FIN4. The van der Waals surface area contributed by atoms with Gasteiger partial charge in [-0.05, 0) is 47.7 Å². The highest BCUT2D eigenvalue weighted by atomic mass is 127. The number of halogens is 2. The van der Waals surface area contributed by atoms with E-state index < -0.39 is 0 Å². The lowest BCUT2D eigenvalue weighted by molar-refractivity contribution is 0.627. The highest BCUT2D eigenvalue weighted by molar-refractivity contribution is 14.1. The number of hydrogen-bond acceptors (Lipinski definition) is 4. The van der Waals surface area contributed by atoms with Crippen LogP contribution < -0.4 is 11.1 Å². The Labute approximate surface area is 112 Å². The smallest absolute Gasteiger partial charge is 0.222 e. The van der Waals surface area contributed by atoms with Gasteiger partial charge in [0.15, 0.2) is 0 Å². The van der Waals surface area contributed by atoms with Gasteiger partial charge in [0.05, 0.1) is 5.69 Å². The van der Waals surface area contributed by atoms with Crippen LogP contribution in [0.5, 0.6) is 0 Å². The van der Waals surface area contributed by atoms with E-state index in [0.29, 0.717) is 5.82 Å². The van der Waals surface area contributed by atoms with Crippen LogP contribution in [0, 0.1) is 16.3 Å². The van der Waals surface area contributed by atoms with Crippen molar-refractivity contribution in [2.45, 2.75) is 6.92 Å². The minimum absolute atomic E-state index is 0.213. The number of rotatable bonds is 2. The number of anilines is 3. The van der Waals surface area contributed by atoms with Gasteiger partial charge < -0.3 is 11.1 Å². The molecule has 1 heterocycles. The average molecular weight is 344 g/mol. The van der Waals surface area contributed by atoms with Gasteiger partial charge >= 0.3 is 0 Å². The zero-order chi connectivity index (χ0) is 12.4. The lowest BCUT2D eigenvalue weighted by atomic mass is 10.3. The van der Waals surface area contributed by atoms with Crippen LogP contribution in [0.3, 0.4) is 0 Å². The molecule has 0 spiro atoms. The van der Waals surface area contributed by atoms with E-state index in [1.807, 2.05) is 6.92 Å². The second-order valence-corrected chi connectivity index (χ2v) is 4.66. The third-order valence-electron chi connectivity index (χ3n) is 2.07. The number of aromatic nitrogens is 2. The maximum absolute atomic E-state index is 12.9. The van der Waals surface area contributed by atoms with Crippen LogP contribution in [-0.4, -0.2) is 9.97 Å². The first kappa shape index (κ1) is 12.0. The molecule has 0 saturated carbocycles. The summed E-state index contributed by atoms with van der Waals surface area (Å²) in [5, 5.41) is 3.08. The van der Waals surface area contributed by atoms with Crippen molar-refractivity contribution in [2.75, 3.05) is 11.1 Å². The van der Waals surface area contributed by atoms with Crippen molar-refractivity contribution in [2.24, 2.45) is 0 Å². The second-order valence-electron chi connectivity index (χ2n) is 3.50. The van der Waals surface area contributed by atoms with E-state index in [1.165, 1.54) is 12.1 Å². The summed E-state index contributed by atoms with van der Waals surface area (Å²) in [6, 6.07) is 6.27. The van der Waals surface area contributed by atoms with Crippen LogP contribution in [0.25, 0.3) is 0 Å². The summed E-state index contributed by atoms with van der Waals surface area (Å²) in [7, 11) is 0. The summed E-state index contributed by atoms with van der Waals surface area (Å²) < 4.78 is 13.7. The van der Waals surface area contributed by atoms with Gasteiger partial charge in [0.2, 0.25) is 5.95 Å². The van der Waals surface area contributed by atoms with Crippen molar-refractivity contribution in [1.82, 2.24) is 9.97 Å². The van der Waals surface area contributed by atoms with Crippen LogP contribution in [0.2, 0.25) is 0 Å². The van der Waals surface area contributed by atoms with E-state index in [4.69, 9.17) is 5.73 Å². The van der Waals surface area contributed by atoms with Crippen LogP contribution in [0.15, 0.2) is 24.3 Å². The molecule has 0 saturated heterocycles. The Hall–Kier alpha value is -1.44. The van der Waals surface area contributed by atoms with Gasteiger partial charge in [-0.1, -0.05) is 0 Å². The molecule has 0 aliphatic heterocycles. The van der Waals surface area contributed by atoms with Gasteiger partial charge in [-0.25, -0.2) is 9.37 Å². The molecule has 0 aliphatic rings. The van der Waals surface area contributed by atoms with Crippen molar-refractivity contribution in [1.29, 1.82) is 0 Å². The number of hydrogen-bond donors (Lipinski definition) is 2. The summed E-state index contributed by atoms with van der Waals surface area (Å²) in [6.07, 6.45) is 0. The first-order valence-corrected chi connectivity index (χ1v) is 5.96. The van der Waals surface area contributed by atoms with Crippen molar-refractivity contribution < 1.29 is 4.39 Å². The molecule has 6 heteroatoms. The standard InChI is InChI=1S/C11H10FIN4/c1-6-4-10(17-11(14)15-6)16-9-3-2-7(12)5-8(9)13/h2-5H,1H3,(H3,14,15,16,17). The predicted molar refractivity (Wildman–Crippen MR) is 73.6 cm³/mol. The summed E-state index contributed by atoms with van der Waals surface area (Å²) in [6.45, 7) is 1.83. The van der Waals surface area contributed by atoms with E-state index in [9.17, 15) is 4.39 Å². The van der Waals surface area contributed by atoms with Gasteiger partial charge in [0.25, 0.3) is 0 Å². The topological polar surface area (TPSA) is 63.8 Å². The molecule has 0 radical (unpaired) electrons. The summed E-state index contributed by atoms with van der Waals surface area (Å²) in [5.74, 6) is 0.544. The molecule has 0 atom stereocenters. The van der Waals surface area contributed by atoms with Gasteiger partial charge in [-0.2, -0.15) is 4.98 Å². The maximum Gasteiger partial charge on any atom is 0.222 e. The zero-order valence-electron chi connectivity index (χ0n) is 9.04. The summed E-state index contributed by atoms with van der Waals surface area (Å²) >= 11 is 2.05. The highest BCUT2D eigenvalue weighted by Crippen LogP contribution is 2.22. The SMILES string of the molecule is Cc1cc(Nc2ccc(F)cc2I)nc(N)n1. The number of aryl methyl sites for hydroxylation is 1. The van der Waals surface area contributed by atoms with Crippen molar-refractivity contribution in [3.8, 4) is 0 Å². The average Bonchev–Trinajstić information content (AvgIpc) is 2.21. The fraction of sp³-hybridized carbons (Fsp3) is 0.0909. The minimum atomic E-state index is -0.265. The number of nitrogens with one attached hydrogen (secondary N) is 1. The molecule has 0 aliphatic carbocycles.